The molecule has 0 bridgehead atoms. The largest absolute Gasteiger partial charge is 0.493 e. The number of methoxy groups -OCH3 is 2. The van der Waals surface area contributed by atoms with Gasteiger partial charge in [-0.25, -0.2) is 0 Å². The molecular weight excluding hydrogens is 268 g/mol. The van der Waals surface area contributed by atoms with E-state index in [-0.39, 0.29) is 0 Å². The summed E-state index contributed by atoms with van der Waals surface area (Å²) in [6.07, 6.45) is 2.45. The molecule has 2 heterocycles. The number of hydrogen-bond donors (Lipinski definition) is 0. The third-order valence-corrected chi connectivity index (χ3v) is 3.38. The van der Waals surface area contributed by atoms with E-state index in [1.165, 1.54) is 0 Å². The van der Waals surface area contributed by atoms with E-state index in [9.17, 15) is 0 Å². The molecule has 0 spiro atoms. The average molecular weight is 284 g/mol. The monoisotopic (exact) mass is 284 g/mol. The number of aryl methyl sites for hydroxylation is 1. The molecule has 0 aliphatic carbocycles. The lowest BCUT2D eigenvalue weighted by atomic mass is 10.1. The predicted molar refractivity (Wildman–Crippen MR) is 78.7 cm³/mol. The smallest absolute Gasteiger partial charge is 0.185 e. The topological polar surface area (TPSA) is 61.5 Å². The molecule has 0 radical (unpaired) electrons. The van der Waals surface area contributed by atoms with E-state index in [1.807, 2.05) is 24.3 Å². The molecule has 0 amide bonds. The summed E-state index contributed by atoms with van der Waals surface area (Å²) in [5.41, 5.74) is 3.66. The Bertz CT molecular complexity index is 782. The second-order valence-corrected chi connectivity index (χ2v) is 4.57. The van der Waals surface area contributed by atoms with E-state index in [4.69, 9.17) is 9.47 Å². The molecule has 0 aliphatic rings. The second kappa shape index (κ2) is 5.40. The van der Waals surface area contributed by atoms with Crippen LogP contribution in [0.3, 0.4) is 0 Å². The molecular formula is C15H16N4O2. The van der Waals surface area contributed by atoms with Gasteiger partial charge in [-0.05, 0) is 30.2 Å². The third kappa shape index (κ3) is 2.29. The molecule has 0 saturated carbocycles. The van der Waals surface area contributed by atoms with Crippen molar-refractivity contribution in [2.75, 3.05) is 14.2 Å². The van der Waals surface area contributed by atoms with Crippen molar-refractivity contribution in [3.05, 3.63) is 36.3 Å². The highest BCUT2D eigenvalue weighted by Crippen LogP contribution is 2.33. The maximum absolute atomic E-state index is 5.37. The molecule has 1 aromatic carbocycles. The normalized spacial score (nSPS) is 10.8. The van der Waals surface area contributed by atoms with E-state index >= 15 is 0 Å². The van der Waals surface area contributed by atoms with Crippen LogP contribution in [0.5, 0.6) is 11.5 Å². The van der Waals surface area contributed by atoms with E-state index in [0.717, 1.165) is 28.9 Å². The molecule has 0 N–H and O–H groups in total. The van der Waals surface area contributed by atoms with Gasteiger partial charge < -0.3 is 9.47 Å². The molecule has 3 rings (SSSR count). The highest BCUT2D eigenvalue weighted by Gasteiger charge is 2.12. The van der Waals surface area contributed by atoms with E-state index in [0.29, 0.717) is 11.5 Å². The van der Waals surface area contributed by atoms with Crippen molar-refractivity contribution in [2.24, 2.45) is 0 Å². The quantitative estimate of drug-likeness (QED) is 0.736. The number of fused-ring (bicyclic) bond motifs is 1. The highest BCUT2D eigenvalue weighted by molar-refractivity contribution is 5.78. The first-order valence-electron chi connectivity index (χ1n) is 6.69. The van der Waals surface area contributed by atoms with Gasteiger partial charge in [-0.15, -0.1) is 10.2 Å². The van der Waals surface area contributed by atoms with Gasteiger partial charge in [0.05, 0.1) is 19.9 Å². The van der Waals surface area contributed by atoms with E-state index in [2.05, 4.69) is 22.2 Å². The van der Waals surface area contributed by atoms with Crippen molar-refractivity contribution in [3.63, 3.8) is 0 Å². The Morgan fingerprint density at radius 3 is 2.62 bits per heavy atom. The van der Waals surface area contributed by atoms with E-state index in [1.54, 1.807) is 25.1 Å². The third-order valence-electron chi connectivity index (χ3n) is 3.38. The number of aromatic nitrogens is 4. The van der Waals surface area contributed by atoms with Gasteiger partial charge in [0.2, 0.25) is 0 Å². The first-order chi connectivity index (χ1) is 10.3. The van der Waals surface area contributed by atoms with Crippen molar-refractivity contribution in [3.8, 4) is 22.6 Å². The lowest BCUT2D eigenvalue weighted by molar-refractivity contribution is 0.355. The van der Waals surface area contributed by atoms with Gasteiger partial charge in [0.25, 0.3) is 0 Å². The zero-order valence-electron chi connectivity index (χ0n) is 12.2. The van der Waals surface area contributed by atoms with Crippen LogP contribution in [0.2, 0.25) is 0 Å². The SMILES string of the molecule is CCc1cc(-c2ccc(OC)c(OC)c2)c2nncn2n1. The lowest BCUT2D eigenvalue weighted by Gasteiger charge is -2.10. The summed E-state index contributed by atoms with van der Waals surface area (Å²) in [6.45, 7) is 2.07. The lowest BCUT2D eigenvalue weighted by Crippen LogP contribution is -1.99. The Labute approximate surface area is 122 Å². The van der Waals surface area contributed by atoms with Gasteiger partial charge in [-0.3, -0.25) is 0 Å². The number of ether oxygens (including phenoxy) is 2. The Morgan fingerprint density at radius 1 is 1.10 bits per heavy atom. The Kier molecular flexibility index (Phi) is 3.43. The summed E-state index contributed by atoms with van der Waals surface area (Å²) >= 11 is 0. The maximum atomic E-state index is 5.37. The van der Waals surface area contributed by atoms with Crippen molar-refractivity contribution < 1.29 is 9.47 Å². The summed E-state index contributed by atoms with van der Waals surface area (Å²) < 4.78 is 12.3. The van der Waals surface area contributed by atoms with Crippen LogP contribution in [-0.2, 0) is 6.42 Å². The minimum absolute atomic E-state index is 0.683. The Hall–Kier alpha value is -2.63. The summed E-state index contributed by atoms with van der Waals surface area (Å²) in [7, 11) is 3.24. The number of nitrogens with zero attached hydrogens (tertiary/aromatic N) is 4. The van der Waals surface area contributed by atoms with Crippen LogP contribution in [-0.4, -0.2) is 34.0 Å². The van der Waals surface area contributed by atoms with Crippen LogP contribution >= 0.6 is 0 Å². The first-order valence-corrected chi connectivity index (χ1v) is 6.69. The van der Waals surface area contributed by atoms with Gasteiger partial charge in [0, 0.05) is 5.56 Å². The van der Waals surface area contributed by atoms with Gasteiger partial charge >= 0.3 is 0 Å². The van der Waals surface area contributed by atoms with Crippen molar-refractivity contribution in [2.45, 2.75) is 13.3 Å². The molecule has 2 aromatic heterocycles. The zero-order valence-corrected chi connectivity index (χ0v) is 12.2. The van der Waals surface area contributed by atoms with Crippen molar-refractivity contribution >= 4 is 5.65 Å². The molecule has 6 nitrogen and oxygen atoms in total. The molecule has 0 aliphatic heterocycles. The highest BCUT2D eigenvalue weighted by atomic mass is 16.5. The Morgan fingerprint density at radius 2 is 1.90 bits per heavy atom. The molecule has 3 aromatic rings. The van der Waals surface area contributed by atoms with E-state index < -0.39 is 0 Å². The minimum atomic E-state index is 0.683. The number of rotatable bonds is 4. The van der Waals surface area contributed by atoms with Crippen molar-refractivity contribution in [1.29, 1.82) is 0 Å². The predicted octanol–water partition coefficient (Wildman–Crippen LogP) is 2.37. The summed E-state index contributed by atoms with van der Waals surface area (Å²) in [4.78, 5) is 0. The molecule has 0 saturated heterocycles. The van der Waals surface area contributed by atoms with Crippen LogP contribution in [0.4, 0.5) is 0 Å². The maximum Gasteiger partial charge on any atom is 0.185 e. The van der Waals surface area contributed by atoms with Crippen LogP contribution in [0, 0.1) is 0 Å². The van der Waals surface area contributed by atoms with Gasteiger partial charge in [0.1, 0.15) is 6.33 Å². The minimum Gasteiger partial charge on any atom is -0.493 e. The fraction of sp³-hybridized carbons (Fsp3) is 0.267. The number of hydrogen-bond acceptors (Lipinski definition) is 5. The average Bonchev–Trinajstić information content (AvgIpc) is 3.01. The Balaban J connectivity index is 2.21. The molecule has 0 atom stereocenters. The van der Waals surface area contributed by atoms with Gasteiger partial charge in [0.15, 0.2) is 17.1 Å². The van der Waals surface area contributed by atoms with Crippen LogP contribution < -0.4 is 9.47 Å². The summed E-state index contributed by atoms with van der Waals surface area (Å²) in [6, 6.07) is 7.82. The van der Waals surface area contributed by atoms with Crippen LogP contribution in [0.25, 0.3) is 16.8 Å². The standard InChI is InChI=1S/C15H16N4O2/c1-4-11-8-12(15-17-16-9-19(15)18-11)10-5-6-13(20-2)14(7-10)21-3/h5-9H,4H2,1-3H3. The fourth-order valence-corrected chi connectivity index (χ4v) is 2.27. The molecule has 108 valence electrons. The summed E-state index contributed by atoms with van der Waals surface area (Å²) in [5, 5.41) is 12.5. The zero-order chi connectivity index (χ0) is 14.8. The van der Waals surface area contributed by atoms with Crippen LogP contribution in [0.1, 0.15) is 12.6 Å². The molecule has 21 heavy (non-hydrogen) atoms. The van der Waals surface area contributed by atoms with Crippen molar-refractivity contribution in [1.82, 2.24) is 19.8 Å². The molecule has 0 unspecified atom stereocenters. The molecule has 6 heteroatoms. The van der Waals surface area contributed by atoms with Gasteiger partial charge in [-0.2, -0.15) is 9.61 Å². The first kappa shape index (κ1) is 13.4. The second-order valence-electron chi connectivity index (χ2n) is 4.57. The molecule has 0 fully saturated rings. The summed E-state index contributed by atoms with van der Waals surface area (Å²) in [5.74, 6) is 1.38. The van der Waals surface area contributed by atoms with Crippen LogP contribution in [0.15, 0.2) is 30.6 Å². The fourth-order valence-electron chi connectivity index (χ4n) is 2.27. The van der Waals surface area contributed by atoms with Gasteiger partial charge in [-0.1, -0.05) is 13.0 Å². The number of benzene rings is 1.